The van der Waals surface area contributed by atoms with Gasteiger partial charge >= 0.3 is 0 Å². The van der Waals surface area contributed by atoms with Crippen molar-refractivity contribution in [2.45, 2.75) is 39.3 Å². The maximum atomic E-state index is 11.7. The van der Waals surface area contributed by atoms with Crippen LogP contribution in [0.1, 0.15) is 36.2 Å². The summed E-state index contributed by atoms with van der Waals surface area (Å²) in [7, 11) is 0. The fourth-order valence-electron chi connectivity index (χ4n) is 2.19. The summed E-state index contributed by atoms with van der Waals surface area (Å²) in [5, 5.41) is 4.21. The molecular weight excluding hydrogens is 250 g/mol. The van der Waals surface area contributed by atoms with Crippen LogP contribution in [0.5, 0.6) is 0 Å². The van der Waals surface area contributed by atoms with Crippen molar-refractivity contribution < 1.29 is 0 Å². The maximum Gasteiger partial charge on any atom is 0.266 e. The summed E-state index contributed by atoms with van der Waals surface area (Å²) in [6, 6.07) is 11.3. The topological polar surface area (TPSA) is 60.9 Å². The number of aromatic nitrogens is 2. The van der Waals surface area contributed by atoms with E-state index in [0.717, 1.165) is 24.1 Å². The van der Waals surface area contributed by atoms with E-state index in [-0.39, 0.29) is 11.6 Å². The number of aryl methyl sites for hydroxylation is 2. The van der Waals surface area contributed by atoms with E-state index in [4.69, 9.17) is 5.73 Å². The summed E-state index contributed by atoms with van der Waals surface area (Å²) >= 11 is 0. The Morgan fingerprint density at radius 3 is 2.55 bits per heavy atom. The zero-order valence-electron chi connectivity index (χ0n) is 12.0. The Hall–Kier alpha value is -1.94. The van der Waals surface area contributed by atoms with Gasteiger partial charge in [0.25, 0.3) is 5.56 Å². The Bertz CT molecular complexity index is 616. The van der Waals surface area contributed by atoms with Gasteiger partial charge in [0.2, 0.25) is 0 Å². The molecule has 1 heterocycles. The molecule has 1 aromatic heterocycles. The van der Waals surface area contributed by atoms with Crippen molar-refractivity contribution in [2.24, 2.45) is 5.73 Å². The average Bonchev–Trinajstić information content (AvgIpc) is 2.44. The molecule has 0 aliphatic carbocycles. The molecule has 0 bridgehead atoms. The van der Waals surface area contributed by atoms with E-state index in [1.165, 1.54) is 16.3 Å². The van der Waals surface area contributed by atoms with Crippen LogP contribution >= 0.6 is 0 Å². The van der Waals surface area contributed by atoms with E-state index in [0.29, 0.717) is 6.54 Å². The van der Waals surface area contributed by atoms with E-state index >= 15 is 0 Å². The van der Waals surface area contributed by atoms with Crippen LogP contribution in [-0.4, -0.2) is 9.78 Å². The Balaban J connectivity index is 2.13. The van der Waals surface area contributed by atoms with Crippen LogP contribution in [-0.2, 0) is 13.0 Å². The molecule has 2 rings (SSSR count). The first-order valence-corrected chi connectivity index (χ1v) is 6.99. The second-order valence-electron chi connectivity index (χ2n) is 5.09. The number of nitrogens with two attached hydrogens (primary N) is 1. The van der Waals surface area contributed by atoms with Crippen LogP contribution in [0.4, 0.5) is 0 Å². The van der Waals surface area contributed by atoms with Gasteiger partial charge in [0.05, 0.1) is 12.2 Å². The van der Waals surface area contributed by atoms with E-state index in [1.54, 1.807) is 6.07 Å². The number of rotatable bonds is 5. The van der Waals surface area contributed by atoms with Crippen molar-refractivity contribution in [1.82, 2.24) is 9.78 Å². The monoisotopic (exact) mass is 271 g/mol. The van der Waals surface area contributed by atoms with Crippen LogP contribution in [0.3, 0.4) is 0 Å². The summed E-state index contributed by atoms with van der Waals surface area (Å²) in [6.45, 7) is 4.42. The predicted octanol–water partition coefficient (Wildman–Crippen LogP) is 2.20. The highest BCUT2D eigenvalue weighted by Crippen LogP contribution is 2.13. The normalized spacial score (nSPS) is 12.3. The average molecular weight is 271 g/mol. The van der Waals surface area contributed by atoms with Crippen LogP contribution in [0, 0.1) is 6.92 Å². The first kappa shape index (κ1) is 14.5. The van der Waals surface area contributed by atoms with Gasteiger partial charge in [0.15, 0.2) is 0 Å². The van der Waals surface area contributed by atoms with E-state index < -0.39 is 0 Å². The highest BCUT2D eigenvalue weighted by Gasteiger charge is 2.09. The quantitative estimate of drug-likeness (QED) is 0.907. The van der Waals surface area contributed by atoms with Gasteiger partial charge in [0, 0.05) is 12.1 Å². The van der Waals surface area contributed by atoms with Gasteiger partial charge in [-0.25, -0.2) is 4.68 Å². The molecule has 0 aliphatic rings. The molecular formula is C16H21N3O. The third-order valence-corrected chi connectivity index (χ3v) is 3.32. The molecule has 2 N–H and O–H groups in total. The largest absolute Gasteiger partial charge is 0.322 e. The number of benzene rings is 1. The lowest BCUT2D eigenvalue weighted by atomic mass is 10.0. The van der Waals surface area contributed by atoms with Crippen molar-refractivity contribution in [3.8, 4) is 0 Å². The van der Waals surface area contributed by atoms with E-state index in [9.17, 15) is 4.79 Å². The molecule has 0 aliphatic heterocycles. The third-order valence-electron chi connectivity index (χ3n) is 3.32. The van der Waals surface area contributed by atoms with Gasteiger partial charge in [0.1, 0.15) is 0 Å². The number of hydrogen-bond acceptors (Lipinski definition) is 3. The molecule has 4 nitrogen and oxygen atoms in total. The first-order chi connectivity index (χ1) is 9.60. The molecule has 0 spiro atoms. The minimum Gasteiger partial charge on any atom is -0.322 e. The molecule has 0 saturated carbocycles. The molecule has 0 amide bonds. The second-order valence-corrected chi connectivity index (χ2v) is 5.09. The van der Waals surface area contributed by atoms with Crippen molar-refractivity contribution >= 4 is 0 Å². The molecule has 2 aromatic rings. The summed E-state index contributed by atoms with van der Waals surface area (Å²) in [5.41, 5.74) is 9.21. The lowest BCUT2D eigenvalue weighted by molar-refractivity contribution is 0.499. The minimum absolute atomic E-state index is 0.117. The number of hydrogen-bond donors (Lipinski definition) is 1. The molecule has 1 unspecified atom stereocenters. The van der Waals surface area contributed by atoms with Gasteiger partial charge in [-0.15, -0.1) is 0 Å². The van der Waals surface area contributed by atoms with Gasteiger partial charge < -0.3 is 5.73 Å². The summed E-state index contributed by atoms with van der Waals surface area (Å²) < 4.78 is 1.43. The Kier molecular flexibility index (Phi) is 4.69. The van der Waals surface area contributed by atoms with Gasteiger partial charge in [-0.05, 0) is 30.5 Å². The second kappa shape index (κ2) is 6.48. The zero-order chi connectivity index (χ0) is 14.5. The molecule has 1 aromatic carbocycles. The van der Waals surface area contributed by atoms with Crippen LogP contribution in [0.25, 0.3) is 0 Å². The highest BCUT2D eigenvalue weighted by molar-refractivity contribution is 5.24. The molecule has 106 valence electrons. The molecule has 1 atom stereocenters. The predicted molar refractivity (Wildman–Crippen MR) is 80.6 cm³/mol. The standard InChI is InChI=1S/C16H21N3O/c1-3-4-13-6-8-14(9-7-13)15(17)11-19-16(20)10-5-12(2)18-19/h5-10,15H,3-4,11,17H2,1-2H3. The maximum absolute atomic E-state index is 11.7. The molecule has 0 fully saturated rings. The SMILES string of the molecule is CCCc1ccc(C(N)Cn2nc(C)ccc2=O)cc1. The zero-order valence-corrected chi connectivity index (χ0v) is 12.0. The molecule has 0 radical (unpaired) electrons. The van der Waals surface area contributed by atoms with Crippen LogP contribution in [0.2, 0.25) is 0 Å². The summed E-state index contributed by atoms with van der Waals surface area (Å²) in [6.07, 6.45) is 2.21. The fourth-order valence-corrected chi connectivity index (χ4v) is 2.19. The van der Waals surface area contributed by atoms with E-state index in [1.807, 2.05) is 19.1 Å². The van der Waals surface area contributed by atoms with Crippen molar-refractivity contribution in [1.29, 1.82) is 0 Å². The van der Waals surface area contributed by atoms with Crippen LogP contribution in [0.15, 0.2) is 41.2 Å². The highest BCUT2D eigenvalue weighted by atomic mass is 16.1. The van der Waals surface area contributed by atoms with Gasteiger partial charge in [-0.1, -0.05) is 37.6 Å². The lowest BCUT2D eigenvalue weighted by Gasteiger charge is -2.14. The number of nitrogens with zero attached hydrogens (tertiary/aromatic N) is 2. The Labute approximate surface area is 119 Å². The van der Waals surface area contributed by atoms with Crippen molar-refractivity contribution in [3.05, 3.63) is 63.6 Å². The smallest absolute Gasteiger partial charge is 0.266 e. The molecule has 0 saturated heterocycles. The van der Waals surface area contributed by atoms with E-state index in [2.05, 4.69) is 24.2 Å². The van der Waals surface area contributed by atoms with Crippen molar-refractivity contribution in [2.75, 3.05) is 0 Å². The van der Waals surface area contributed by atoms with Gasteiger partial charge in [-0.2, -0.15) is 5.10 Å². The molecule has 4 heteroatoms. The lowest BCUT2D eigenvalue weighted by Crippen LogP contribution is -2.28. The van der Waals surface area contributed by atoms with Crippen molar-refractivity contribution in [3.63, 3.8) is 0 Å². The summed E-state index contributed by atoms with van der Waals surface area (Å²) in [4.78, 5) is 11.7. The Morgan fingerprint density at radius 1 is 1.20 bits per heavy atom. The first-order valence-electron chi connectivity index (χ1n) is 6.99. The van der Waals surface area contributed by atoms with Gasteiger partial charge in [-0.3, -0.25) is 4.79 Å². The Morgan fingerprint density at radius 2 is 1.90 bits per heavy atom. The molecule has 20 heavy (non-hydrogen) atoms. The minimum atomic E-state index is -0.224. The third kappa shape index (κ3) is 3.54. The summed E-state index contributed by atoms with van der Waals surface area (Å²) in [5.74, 6) is 0. The fraction of sp³-hybridized carbons (Fsp3) is 0.375. The van der Waals surface area contributed by atoms with Crippen LogP contribution < -0.4 is 11.3 Å².